The van der Waals surface area contributed by atoms with Gasteiger partial charge in [0.1, 0.15) is 5.69 Å². The molecule has 17 heavy (non-hydrogen) atoms. The summed E-state index contributed by atoms with van der Waals surface area (Å²) in [5, 5.41) is 9.02. The largest absolute Gasteiger partial charge is 0.477 e. The Morgan fingerprint density at radius 1 is 1.18 bits per heavy atom. The topological polar surface area (TPSA) is 42.2 Å². The molecule has 0 aliphatic heterocycles. The summed E-state index contributed by atoms with van der Waals surface area (Å²) in [6.07, 6.45) is 0. The van der Waals surface area contributed by atoms with Gasteiger partial charge in [0.2, 0.25) is 0 Å². The number of nitrogens with zero attached hydrogens (tertiary/aromatic N) is 1. The van der Waals surface area contributed by atoms with Crippen LogP contribution in [-0.4, -0.2) is 15.6 Å². The second kappa shape index (κ2) is 4.09. The molecule has 2 rings (SSSR count). The van der Waals surface area contributed by atoms with Gasteiger partial charge in [-0.1, -0.05) is 23.8 Å². The number of benzene rings is 1. The number of rotatable bonds is 2. The van der Waals surface area contributed by atoms with E-state index in [0.29, 0.717) is 5.69 Å². The standard InChI is InChI=1S/C14H15NO2/c1-9-4-5-11(10(2)8-9)12-6-7-13(14(16)17)15(12)3/h4-8H,1-3H3,(H,16,17). The second-order valence-corrected chi connectivity index (χ2v) is 4.29. The van der Waals surface area contributed by atoms with Crippen LogP contribution in [0.25, 0.3) is 11.3 Å². The van der Waals surface area contributed by atoms with Crippen molar-refractivity contribution in [1.29, 1.82) is 0 Å². The van der Waals surface area contributed by atoms with E-state index >= 15 is 0 Å². The van der Waals surface area contributed by atoms with Gasteiger partial charge in [0.05, 0.1) is 0 Å². The Kier molecular flexibility index (Phi) is 2.76. The molecule has 0 unspecified atom stereocenters. The fourth-order valence-electron chi connectivity index (χ4n) is 2.10. The summed E-state index contributed by atoms with van der Waals surface area (Å²) in [6, 6.07) is 9.66. The number of carboxylic acid groups (broad SMARTS) is 1. The molecule has 0 spiro atoms. The van der Waals surface area contributed by atoms with Crippen LogP contribution in [0.3, 0.4) is 0 Å². The third-order valence-corrected chi connectivity index (χ3v) is 3.00. The molecule has 1 N–H and O–H groups in total. The summed E-state index contributed by atoms with van der Waals surface area (Å²) in [6.45, 7) is 4.08. The van der Waals surface area contributed by atoms with E-state index in [1.54, 1.807) is 17.7 Å². The van der Waals surface area contributed by atoms with Crippen molar-refractivity contribution in [3.05, 3.63) is 47.2 Å². The first-order valence-corrected chi connectivity index (χ1v) is 5.47. The third-order valence-electron chi connectivity index (χ3n) is 3.00. The fraction of sp³-hybridized carbons (Fsp3) is 0.214. The minimum Gasteiger partial charge on any atom is -0.477 e. The van der Waals surface area contributed by atoms with Gasteiger partial charge in [-0.3, -0.25) is 0 Å². The van der Waals surface area contributed by atoms with Gasteiger partial charge in [0.15, 0.2) is 0 Å². The average Bonchev–Trinajstić information content (AvgIpc) is 2.60. The molecule has 3 heteroatoms. The van der Waals surface area contributed by atoms with Gasteiger partial charge in [-0.25, -0.2) is 4.79 Å². The molecule has 0 radical (unpaired) electrons. The van der Waals surface area contributed by atoms with Gasteiger partial charge in [-0.2, -0.15) is 0 Å². The monoisotopic (exact) mass is 229 g/mol. The Hall–Kier alpha value is -2.03. The zero-order valence-corrected chi connectivity index (χ0v) is 10.2. The van der Waals surface area contributed by atoms with Crippen LogP contribution >= 0.6 is 0 Å². The molecule has 0 atom stereocenters. The molecule has 0 fully saturated rings. The average molecular weight is 229 g/mol. The van der Waals surface area contributed by atoms with Crippen molar-refractivity contribution in [1.82, 2.24) is 4.57 Å². The van der Waals surface area contributed by atoms with Gasteiger partial charge >= 0.3 is 5.97 Å². The Morgan fingerprint density at radius 2 is 1.88 bits per heavy atom. The van der Waals surface area contributed by atoms with E-state index in [9.17, 15) is 4.79 Å². The molecule has 1 aromatic heterocycles. The molecule has 1 aromatic carbocycles. The fourth-order valence-corrected chi connectivity index (χ4v) is 2.10. The number of hydrogen-bond donors (Lipinski definition) is 1. The highest BCUT2D eigenvalue weighted by molar-refractivity contribution is 5.87. The number of aryl methyl sites for hydroxylation is 2. The zero-order chi connectivity index (χ0) is 12.6. The van der Waals surface area contributed by atoms with E-state index in [1.165, 1.54) is 5.56 Å². The van der Waals surface area contributed by atoms with E-state index in [-0.39, 0.29) is 0 Å². The summed E-state index contributed by atoms with van der Waals surface area (Å²) in [7, 11) is 1.78. The highest BCUT2D eigenvalue weighted by Crippen LogP contribution is 2.25. The zero-order valence-electron chi connectivity index (χ0n) is 10.2. The van der Waals surface area contributed by atoms with Crippen molar-refractivity contribution < 1.29 is 9.90 Å². The summed E-state index contributed by atoms with van der Waals surface area (Å²) < 4.78 is 1.71. The number of aromatic carboxylic acids is 1. The maximum Gasteiger partial charge on any atom is 0.352 e. The molecule has 0 aliphatic carbocycles. The summed E-state index contributed by atoms with van der Waals surface area (Å²) in [5.74, 6) is -0.900. The van der Waals surface area contributed by atoms with Gasteiger partial charge in [0, 0.05) is 18.3 Å². The molecule has 0 saturated carbocycles. The van der Waals surface area contributed by atoms with Crippen molar-refractivity contribution in [2.24, 2.45) is 7.05 Å². The molecular formula is C14H15NO2. The smallest absolute Gasteiger partial charge is 0.352 e. The Labute approximate surface area is 100 Å². The van der Waals surface area contributed by atoms with Gasteiger partial charge < -0.3 is 9.67 Å². The highest BCUT2D eigenvalue weighted by Gasteiger charge is 2.13. The maximum atomic E-state index is 11.0. The quantitative estimate of drug-likeness (QED) is 0.860. The van der Waals surface area contributed by atoms with Crippen molar-refractivity contribution in [2.75, 3.05) is 0 Å². The van der Waals surface area contributed by atoms with Crippen molar-refractivity contribution in [3.63, 3.8) is 0 Å². The first kappa shape index (κ1) is 11.5. The van der Waals surface area contributed by atoms with Crippen LogP contribution in [0.4, 0.5) is 0 Å². The van der Waals surface area contributed by atoms with Crippen LogP contribution in [0.5, 0.6) is 0 Å². The van der Waals surface area contributed by atoms with Crippen LogP contribution in [-0.2, 0) is 7.05 Å². The van der Waals surface area contributed by atoms with Crippen LogP contribution in [0, 0.1) is 13.8 Å². The first-order valence-electron chi connectivity index (χ1n) is 5.47. The summed E-state index contributed by atoms with van der Waals surface area (Å²) in [5.41, 5.74) is 4.67. The lowest BCUT2D eigenvalue weighted by molar-refractivity contribution is 0.0687. The first-order chi connectivity index (χ1) is 8.00. The van der Waals surface area contributed by atoms with Crippen LogP contribution in [0.1, 0.15) is 21.6 Å². The molecule has 2 aromatic rings. The normalized spacial score (nSPS) is 10.5. The van der Waals surface area contributed by atoms with Crippen LogP contribution in [0.15, 0.2) is 30.3 Å². The molecule has 1 heterocycles. The molecular weight excluding hydrogens is 214 g/mol. The van der Waals surface area contributed by atoms with Gasteiger partial charge in [-0.05, 0) is 31.5 Å². The predicted molar refractivity (Wildman–Crippen MR) is 67.3 cm³/mol. The number of carbonyl (C=O) groups is 1. The Balaban J connectivity index is 2.57. The molecule has 0 bridgehead atoms. The van der Waals surface area contributed by atoms with E-state index in [4.69, 9.17) is 5.11 Å². The Bertz CT molecular complexity index is 582. The van der Waals surface area contributed by atoms with Crippen LogP contribution < -0.4 is 0 Å². The minimum atomic E-state index is -0.900. The summed E-state index contributed by atoms with van der Waals surface area (Å²) >= 11 is 0. The van der Waals surface area contributed by atoms with E-state index in [2.05, 4.69) is 6.07 Å². The molecule has 3 nitrogen and oxygen atoms in total. The van der Waals surface area contributed by atoms with Crippen molar-refractivity contribution in [2.45, 2.75) is 13.8 Å². The molecule has 0 aliphatic rings. The lowest BCUT2D eigenvalue weighted by Crippen LogP contribution is -2.05. The SMILES string of the molecule is Cc1ccc(-c2ccc(C(=O)O)n2C)c(C)c1. The van der Waals surface area contributed by atoms with Gasteiger partial charge in [0.25, 0.3) is 0 Å². The van der Waals surface area contributed by atoms with E-state index in [0.717, 1.165) is 16.8 Å². The predicted octanol–water partition coefficient (Wildman–Crippen LogP) is 3.01. The van der Waals surface area contributed by atoms with Gasteiger partial charge in [-0.15, -0.1) is 0 Å². The third kappa shape index (κ3) is 1.96. The second-order valence-electron chi connectivity index (χ2n) is 4.29. The summed E-state index contributed by atoms with van der Waals surface area (Å²) in [4.78, 5) is 11.0. The molecule has 0 amide bonds. The van der Waals surface area contributed by atoms with E-state index < -0.39 is 5.97 Å². The lowest BCUT2D eigenvalue weighted by atomic mass is 10.0. The Morgan fingerprint density at radius 3 is 2.41 bits per heavy atom. The maximum absolute atomic E-state index is 11.0. The van der Waals surface area contributed by atoms with Crippen LogP contribution in [0.2, 0.25) is 0 Å². The number of aromatic nitrogens is 1. The minimum absolute atomic E-state index is 0.306. The van der Waals surface area contributed by atoms with Crippen molar-refractivity contribution >= 4 is 5.97 Å². The number of carboxylic acids is 1. The molecule has 0 saturated heterocycles. The molecule has 88 valence electrons. The lowest BCUT2D eigenvalue weighted by Gasteiger charge is -2.09. The van der Waals surface area contributed by atoms with E-state index in [1.807, 2.05) is 32.0 Å². The highest BCUT2D eigenvalue weighted by atomic mass is 16.4. The van der Waals surface area contributed by atoms with Crippen molar-refractivity contribution in [3.8, 4) is 11.3 Å². The number of hydrogen-bond acceptors (Lipinski definition) is 1.